The average molecular weight is 330 g/mol. The molecule has 9 heteroatoms. The lowest BCUT2D eigenvalue weighted by Gasteiger charge is -2.08. The minimum Gasteiger partial charge on any atom is -0.372 e. The molecule has 2 rings (SSSR count). The van der Waals surface area contributed by atoms with E-state index >= 15 is 0 Å². The lowest BCUT2D eigenvalue weighted by atomic mass is 10.3. The van der Waals surface area contributed by atoms with E-state index in [4.69, 9.17) is 11.6 Å². The molecule has 0 amide bonds. The Bertz CT molecular complexity index is 757. The van der Waals surface area contributed by atoms with Crippen molar-refractivity contribution < 1.29 is 8.42 Å². The van der Waals surface area contributed by atoms with Crippen LogP contribution in [0.1, 0.15) is 11.3 Å². The lowest BCUT2D eigenvalue weighted by Crippen LogP contribution is -2.23. The third-order valence-corrected chi connectivity index (χ3v) is 4.59. The normalized spacial score (nSPS) is 11.6. The van der Waals surface area contributed by atoms with Gasteiger partial charge in [-0.05, 0) is 13.0 Å². The number of sulfonamides is 1. The number of anilines is 1. The van der Waals surface area contributed by atoms with Gasteiger partial charge in [0, 0.05) is 38.6 Å². The maximum absolute atomic E-state index is 12.2. The SMILES string of the molecule is CNc1ncc(S(=O)(=O)NCc2cn(C)nc2C)cc1Cl. The Hall–Kier alpha value is -1.64. The molecule has 7 nitrogen and oxygen atoms in total. The molecule has 0 spiro atoms. The molecule has 2 aromatic heterocycles. The van der Waals surface area contributed by atoms with Crippen molar-refractivity contribution in [2.24, 2.45) is 7.05 Å². The zero-order chi connectivity index (χ0) is 15.6. The second kappa shape index (κ2) is 6.00. The van der Waals surface area contributed by atoms with E-state index in [0.717, 1.165) is 11.3 Å². The van der Waals surface area contributed by atoms with Gasteiger partial charge in [0.15, 0.2) is 0 Å². The van der Waals surface area contributed by atoms with E-state index in [1.807, 2.05) is 6.92 Å². The van der Waals surface area contributed by atoms with Gasteiger partial charge < -0.3 is 5.32 Å². The van der Waals surface area contributed by atoms with Crippen molar-refractivity contribution >= 4 is 27.4 Å². The van der Waals surface area contributed by atoms with Crippen molar-refractivity contribution in [3.8, 4) is 0 Å². The van der Waals surface area contributed by atoms with Gasteiger partial charge >= 0.3 is 0 Å². The molecular weight excluding hydrogens is 314 g/mol. The van der Waals surface area contributed by atoms with Crippen LogP contribution >= 0.6 is 11.6 Å². The molecule has 2 heterocycles. The Kier molecular flexibility index (Phi) is 4.50. The van der Waals surface area contributed by atoms with Crippen LogP contribution in [0.2, 0.25) is 5.02 Å². The highest BCUT2D eigenvalue weighted by Crippen LogP contribution is 2.22. The van der Waals surface area contributed by atoms with Crippen molar-refractivity contribution in [2.75, 3.05) is 12.4 Å². The molecule has 0 fully saturated rings. The second-order valence-corrected chi connectivity index (χ2v) is 6.66. The molecule has 0 unspecified atom stereocenters. The minimum absolute atomic E-state index is 0.0213. The predicted molar refractivity (Wildman–Crippen MR) is 80.8 cm³/mol. The Morgan fingerprint density at radius 3 is 2.67 bits per heavy atom. The number of hydrogen-bond acceptors (Lipinski definition) is 5. The molecule has 2 N–H and O–H groups in total. The summed E-state index contributed by atoms with van der Waals surface area (Å²) in [5.41, 5.74) is 1.59. The van der Waals surface area contributed by atoms with Gasteiger partial charge in [-0.1, -0.05) is 11.6 Å². The van der Waals surface area contributed by atoms with Gasteiger partial charge in [-0.15, -0.1) is 0 Å². The van der Waals surface area contributed by atoms with E-state index in [9.17, 15) is 8.42 Å². The zero-order valence-electron chi connectivity index (χ0n) is 11.9. The van der Waals surface area contributed by atoms with Crippen LogP contribution in [0.15, 0.2) is 23.4 Å². The smallest absolute Gasteiger partial charge is 0.242 e. The van der Waals surface area contributed by atoms with Crippen molar-refractivity contribution in [1.82, 2.24) is 19.5 Å². The van der Waals surface area contributed by atoms with E-state index in [1.165, 1.54) is 12.3 Å². The van der Waals surface area contributed by atoms with Crippen LogP contribution in [0.4, 0.5) is 5.82 Å². The first-order valence-electron chi connectivity index (χ1n) is 6.15. The molecule has 114 valence electrons. The predicted octanol–water partition coefficient (Wildman–Crippen LogP) is 1.30. The number of aryl methyl sites for hydroxylation is 2. The minimum atomic E-state index is -3.68. The highest BCUT2D eigenvalue weighted by molar-refractivity contribution is 7.89. The highest BCUT2D eigenvalue weighted by atomic mass is 35.5. The fourth-order valence-electron chi connectivity index (χ4n) is 1.83. The molecule has 0 atom stereocenters. The zero-order valence-corrected chi connectivity index (χ0v) is 13.5. The Balaban J connectivity index is 2.18. The van der Waals surface area contributed by atoms with E-state index < -0.39 is 10.0 Å². The summed E-state index contributed by atoms with van der Waals surface area (Å²) in [6, 6.07) is 1.36. The standard InChI is InChI=1S/C12H16ClN5O2S/c1-8-9(7-18(3)17-8)5-16-21(19,20)10-4-11(13)12(14-2)15-6-10/h4,6-7,16H,5H2,1-3H3,(H,14,15). The van der Waals surface area contributed by atoms with Crippen LogP contribution in [0.3, 0.4) is 0 Å². The van der Waals surface area contributed by atoms with Crippen LogP contribution in [0.25, 0.3) is 0 Å². The number of nitrogens with zero attached hydrogens (tertiary/aromatic N) is 3. The van der Waals surface area contributed by atoms with Crippen molar-refractivity contribution in [2.45, 2.75) is 18.4 Å². The number of halogens is 1. The van der Waals surface area contributed by atoms with Gasteiger partial charge in [0.1, 0.15) is 10.7 Å². The number of aromatic nitrogens is 3. The summed E-state index contributed by atoms with van der Waals surface area (Å²) in [6.45, 7) is 1.98. The van der Waals surface area contributed by atoms with Gasteiger partial charge in [-0.25, -0.2) is 18.1 Å². The highest BCUT2D eigenvalue weighted by Gasteiger charge is 2.17. The molecule has 0 aliphatic heterocycles. The first kappa shape index (κ1) is 15.7. The Morgan fingerprint density at radius 2 is 2.14 bits per heavy atom. The summed E-state index contributed by atoms with van der Waals surface area (Å²) < 4.78 is 28.6. The van der Waals surface area contributed by atoms with Crippen molar-refractivity contribution in [3.63, 3.8) is 0 Å². The summed E-state index contributed by atoms with van der Waals surface area (Å²) in [5, 5.41) is 7.18. The fraction of sp³-hybridized carbons (Fsp3) is 0.333. The molecule has 2 aromatic rings. The second-order valence-electron chi connectivity index (χ2n) is 4.49. The third-order valence-electron chi connectivity index (χ3n) is 2.93. The van der Waals surface area contributed by atoms with Crippen molar-refractivity contribution in [1.29, 1.82) is 0 Å². The Morgan fingerprint density at radius 1 is 1.43 bits per heavy atom. The summed E-state index contributed by atoms with van der Waals surface area (Å²) in [5.74, 6) is 0.429. The summed E-state index contributed by atoms with van der Waals surface area (Å²) in [4.78, 5) is 3.98. The summed E-state index contributed by atoms with van der Waals surface area (Å²) >= 11 is 5.95. The van der Waals surface area contributed by atoms with Gasteiger partial charge in [0.25, 0.3) is 0 Å². The molecule has 0 saturated carbocycles. The number of rotatable bonds is 5. The summed E-state index contributed by atoms with van der Waals surface area (Å²) in [7, 11) is -0.234. The lowest BCUT2D eigenvalue weighted by molar-refractivity contribution is 0.581. The van der Waals surface area contributed by atoms with Crippen LogP contribution in [0, 0.1) is 6.92 Å². The van der Waals surface area contributed by atoms with E-state index in [-0.39, 0.29) is 16.5 Å². The van der Waals surface area contributed by atoms with E-state index in [2.05, 4.69) is 20.1 Å². The van der Waals surface area contributed by atoms with Gasteiger partial charge in [0.2, 0.25) is 10.0 Å². The van der Waals surface area contributed by atoms with Crippen LogP contribution in [-0.2, 0) is 23.6 Å². The first-order valence-corrected chi connectivity index (χ1v) is 8.01. The molecule has 21 heavy (non-hydrogen) atoms. The largest absolute Gasteiger partial charge is 0.372 e. The monoisotopic (exact) mass is 329 g/mol. The summed E-state index contributed by atoms with van der Waals surface area (Å²) in [6.07, 6.45) is 3.03. The first-order chi connectivity index (χ1) is 9.83. The maximum atomic E-state index is 12.2. The van der Waals surface area contributed by atoms with Crippen molar-refractivity contribution in [3.05, 3.63) is 34.7 Å². The molecule has 0 radical (unpaired) electrons. The van der Waals surface area contributed by atoms with Crippen LogP contribution in [-0.4, -0.2) is 30.2 Å². The molecule has 0 aliphatic carbocycles. The van der Waals surface area contributed by atoms with Crippen LogP contribution < -0.4 is 10.0 Å². The van der Waals surface area contributed by atoms with Gasteiger partial charge in [-0.3, -0.25) is 4.68 Å². The molecule has 0 bridgehead atoms. The van der Waals surface area contributed by atoms with Crippen LogP contribution in [0.5, 0.6) is 0 Å². The molecular formula is C12H16ClN5O2S. The Labute approximate surface area is 128 Å². The number of pyridine rings is 1. The average Bonchev–Trinajstić information content (AvgIpc) is 2.74. The van der Waals surface area contributed by atoms with E-state index in [1.54, 1.807) is 25.0 Å². The quantitative estimate of drug-likeness (QED) is 0.863. The van der Waals surface area contributed by atoms with Gasteiger partial charge in [-0.2, -0.15) is 5.10 Å². The number of nitrogens with one attached hydrogen (secondary N) is 2. The molecule has 0 aromatic carbocycles. The maximum Gasteiger partial charge on any atom is 0.242 e. The fourth-order valence-corrected chi connectivity index (χ4v) is 3.13. The molecule has 0 aliphatic rings. The third kappa shape index (κ3) is 3.52. The van der Waals surface area contributed by atoms with E-state index in [0.29, 0.717) is 5.82 Å². The van der Waals surface area contributed by atoms with Gasteiger partial charge in [0.05, 0.1) is 10.7 Å². The topological polar surface area (TPSA) is 88.9 Å². The number of hydrogen-bond donors (Lipinski definition) is 2. The molecule has 0 saturated heterocycles.